The number of furan rings is 1. The number of hydrogen-bond donors (Lipinski definition) is 0. The van der Waals surface area contributed by atoms with Crippen LogP contribution in [0.2, 0.25) is 0 Å². The fourth-order valence-corrected chi connectivity index (χ4v) is 3.43. The molecule has 3 aromatic rings. The Hall–Kier alpha value is -2.41. The molecule has 6 nitrogen and oxygen atoms in total. The van der Waals surface area contributed by atoms with Gasteiger partial charge >= 0.3 is 11.6 Å². The molecule has 0 aliphatic rings. The summed E-state index contributed by atoms with van der Waals surface area (Å²) >= 11 is 3.38. The Morgan fingerprint density at radius 3 is 2.58 bits per heavy atom. The van der Waals surface area contributed by atoms with E-state index >= 15 is 0 Å². The molecular formula is C19H17BrO6. The second-order valence-corrected chi connectivity index (χ2v) is 6.70. The summed E-state index contributed by atoms with van der Waals surface area (Å²) in [4.78, 5) is 36.9. The highest BCUT2D eigenvalue weighted by Gasteiger charge is 2.25. The Morgan fingerprint density at radius 1 is 1.19 bits per heavy atom. The average molecular weight is 421 g/mol. The third-order valence-electron chi connectivity index (χ3n) is 4.06. The van der Waals surface area contributed by atoms with Gasteiger partial charge in [-0.3, -0.25) is 4.79 Å². The Labute approximate surface area is 157 Å². The highest BCUT2D eigenvalue weighted by Crippen LogP contribution is 2.37. The van der Waals surface area contributed by atoms with Gasteiger partial charge in [0.05, 0.1) is 11.1 Å². The van der Waals surface area contributed by atoms with Crippen LogP contribution in [0.15, 0.2) is 30.2 Å². The van der Waals surface area contributed by atoms with Gasteiger partial charge in [-0.1, -0.05) is 6.92 Å². The first-order valence-corrected chi connectivity index (χ1v) is 9.08. The Balaban J connectivity index is 2.42. The molecule has 0 spiro atoms. The van der Waals surface area contributed by atoms with Gasteiger partial charge in [0.25, 0.3) is 0 Å². The number of ether oxygens (including phenoxy) is 1. The summed E-state index contributed by atoms with van der Waals surface area (Å²) in [5, 5.41) is 0.918. The van der Waals surface area contributed by atoms with E-state index in [0.717, 1.165) is 0 Å². The molecular weight excluding hydrogens is 404 g/mol. The lowest BCUT2D eigenvalue weighted by Gasteiger charge is -2.05. The first-order valence-electron chi connectivity index (χ1n) is 8.28. The monoisotopic (exact) mass is 420 g/mol. The van der Waals surface area contributed by atoms with Gasteiger partial charge in [0, 0.05) is 17.2 Å². The van der Waals surface area contributed by atoms with Gasteiger partial charge in [-0.05, 0) is 48.3 Å². The van der Waals surface area contributed by atoms with Gasteiger partial charge in [-0.15, -0.1) is 0 Å². The fourth-order valence-electron chi connectivity index (χ4n) is 2.94. The zero-order chi connectivity index (χ0) is 19.0. The van der Waals surface area contributed by atoms with Gasteiger partial charge in [0.15, 0.2) is 5.78 Å². The van der Waals surface area contributed by atoms with E-state index in [0.29, 0.717) is 33.0 Å². The quantitative estimate of drug-likeness (QED) is 0.335. The van der Waals surface area contributed by atoms with Gasteiger partial charge < -0.3 is 13.6 Å². The highest BCUT2D eigenvalue weighted by atomic mass is 79.9. The molecule has 26 heavy (non-hydrogen) atoms. The molecule has 0 bridgehead atoms. The van der Waals surface area contributed by atoms with Crippen molar-refractivity contribution in [3.63, 3.8) is 0 Å². The van der Waals surface area contributed by atoms with Crippen LogP contribution in [0.25, 0.3) is 21.9 Å². The van der Waals surface area contributed by atoms with Crippen molar-refractivity contribution in [1.82, 2.24) is 0 Å². The van der Waals surface area contributed by atoms with Crippen LogP contribution >= 0.6 is 15.9 Å². The van der Waals surface area contributed by atoms with E-state index in [-0.39, 0.29) is 35.5 Å². The minimum absolute atomic E-state index is 0.0309. The van der Waals surface area contributed by atoms with Crippen molar-refractivity contribution in [2.24, 2.45) is 0 Å². The molecule has 0 N–H and O–H groups in total. The number of hydrogen-bond acceptors (Lipinski definition) is 6. The van der Waals surface area contributed by atoms with Crippen LogP contribution in [0.1, 0.15) is 53.2 Å². The van der Waals surface area contributed by atoms with Gasteiger partial charge in [-0.2, -0.15) is 0 Å². The number of esters is 1. The zero-order valence-electron chi connectivity index (χ0n) is 14.6. The summed E-state index contributed by atoms with van der Waals surface area (Å²) in [5.74, 6) is -0.438. The average Bonchev–Trinajstić information content (AvgIpc) is 2.93. The number of carbonyl (C=O) groups excluding carboxylic acids is 2. The second-order valence-electron chi connectivity index (χ2n) is 5.85. The van der Waals surface area contributed by atoms with Crippen LogP contribution < -0.4 is 5.63 Å². The van der Waals surface area contributed by atoms with Crippen molar-refractivity contribution < 1.29 is 23.2 Å². The van der Waals surface area contributed by atoms with Gasteiger partial charge in [0.1, 0.15) is 28.1 Å². The number of ketones is 1. The maximum Gasteiger partial charge on any atom is 0.347 e. The molecule has 3 rings (SSSR count). The van der Waals surface area contributed by atoms with Crippen molar-refractivity contribution in [3.8, 4) is 0 Å². The van der Waals surface area contributed by atoms with E-state index in [1.807, 2.05) is 6.92 Å². The fraction of sp³-hybridized carbons (Fsp3) is 0.316. The van der Waals surface area contributed by atoms with Crippen molar-refractivity contribution in [2.75, 3.05) is 6.61 Å². The molecule has 0 unspecified atom stereocenters. The number of aryl methyl sites for hydroxylation is 1. The van der Waals surface area contributed by atoms with Crippen LogP contribution in [-0.4, -0.2) is 18.4 Å². The molecule has 136 valence electrons. The minimum Gasteiger partial charge on any atom is -0.462 e. The number of halogens is 1. The molecule has 0 saturated carbocycles. The van der Waals surface area contributed by atoms with E-state index in [1.165, 1.54) is 6.07 Å². The number of Topliss-reactive ketones (excluding diaryl/α,β-unsaturated/α-hetero) is 1. The molecule has 0 fully saturated rings. The van der Waals surface area contributed by atoms with Crippen molar-refractivity contribution in [2.45, 2.75) is 33.6 Å². The van der Waals surface area contributed by atoms with Crippen LogP contribution in [0.5, 0.6) is 0 Å². The first-order chi connectivity index (χ1) is 12.4. The Morgan fingerprint density at radius 2 is 1.92 bits per heavy atom. The minimum atomic E-state index is -0.694. The number of carbonyl (C=O) groups is 2. The summed E-state index contributed by atoms with van der Waals surface area (Å²) < 4.78 is 16.8. The molecule has 1 aromatic carbocycles. The van der Waals surface area contributed by atoms with E-state index < -0.39 is 11.6 Å². The number of rotatable bonds is 5. The summed E-state index contributed by atoms with van der Waals surface area (Å²) in [6.07, 6.45) is 0.857. The predicted molar refractivity (Wildman–Crippen MR) is 99.9 cm³/mol. The highest BCUT2D eigenvalue weighted by molar-refractivity contribution is 9.10. The topological polar surface area (TPSA) is 86.7 Å². The van der Waals surface area contributed by atoms with E-state index in [1.54, 1.807) is 19.9 Å². The molecule has 0 amide bonds. The summed E-state index contributed by atoms with van der Waals surface area (Å²) in [7, 11) is 0. The van der Waals surface area contributed by atoms with Gasteiger partial charge in [-0.25, -0.2) is 9.59 Å². The Bertz CT molecular complexity index is 1090. The normalized spacial score (nSPS) is 11.2. The molecule has 0 aliphatic carbocycles. The first kappa shape index (κ1) is 18.4. The van der Waals surface area contributed by atoms with Gasteiger partial charge in [0.2, 0.25) is 0 Å². The van der Waals surface area contributed by atoms with Crippen molar-refractivity contribution in [3.05, 3.63) is 43.9 Å². The predicted octanol–water partition coefficient (Wildman–Crippen LogP) is 4.77. The molecule has 0 radical (unpaired) electrons. The summed E-state index contributed by atoms with van der Waals surface area (Å²) in [5.41, 5.74) is 0.224. The lowest BCUT2D eigenvalue weighted by molar-refractivity contribution is 0.0526. The second kappa shape index (κ2) is 7.07. The van der Waals surface area contributed by atoms with Crippen LogP contribution in [0, 0.1) is 6.92 Å². The maximum absolute atomic E-state index is 12.4. The molecule has 0 aliphatic heterocycles. The number of benzene rings is 1. The largest absolute Gasteiger partial charge is 0.462 e. The van der Waals surface area contributed by atoms with Crippen molar-refractivity contribution in [1.29, 1.82) is 0 Å². The summed E-state index contributed by atoms with van der Waals surface area (Å²) in [6.45, 7) is 5.44. The van der Waals surface area contributed by atoms with Crippen LogP contribution in [0.3, 0.4) is 0 Å². The van der Waals surface area contributed by atoms with Crippen molar-refractivity contribution >= 4 is 49.6 Å². The molecule has 7 heteroatoms. The lowest BCUT2D eigenvalue weighted by atomic mass is 10.0. The lowest BCUT2D eigenvalue weighted by Crippen LogP contribution is -2.13. The van der Waals surface area contributed by atoms with E-state index in [2.05, 4.69) is 15.9 Å². The van der Waals surface area contributed by atoms with E-state index in [9.17, 15) is 14.4 Å². The van der Waals surface area contributed by atoms with Crippen LogP contribution in [-0.2, 0) is 4.74 Å². The molecule has 2 aromatic heterocycles. The molecule has 0 atom stereocenters. The smallest absolute Gasteiger partial charge is 0.347 e. The third-order valence-corrected chi connectivity index (χ3v) is 4.65. The van der Waals surface area contributed by atoms with Crippen LogP contribution in [0.4, 0.5) is 0 Å². The maximum atomic E-state index is 12.4. The third kappa shape index (κ3) is 2.96. The van der Waals surface area contributed by atoms with E-state index in [4.69, 9.17) is 13.6 Å². The number of fused-ring (bicyclic) bond motifs is 3. The molecule has 2 heterocycles. The molecule has 0 saturated heterocycles. The standard InChI is InChI=1S/C19H17BrO6/c1-4-6-13(21)10-7-11-14(26-18(10)22)8-12(20)17-16(11)15(9(3)25-17)19(23)24-5-2/h7-8H,4-6H2,1-3H3. The summed E-state index contributed by atoms with van der Waals surface area (Å²) in [6, 6.07) is 3.07. The zero-order valence-corrected chi connectivity index (χ0v) is 16.2. The Kier molecular flexibility index (Phi) is 5.00. The SMILES string of the molecule is CCCC(=O)c1cc2c(cc(Br)c3oc(C)c(C(=O)OCC)c32)oc1=O.